The van der Waals surface area contributed by atoms with E-state index >= 15 is 0 Å². The van der Waals surface area contributed by atoms with Crippen molar-refractivity contribution in [2.75, 3.05) is 11.5 Å². The van der Waals surface area contributed by atoms with E-state index in [2.05, 4.69) is 0 Å². The second-order valence-electron chi connectivity index (χ2n) is 2.68. The Kier molecular flexibility index (Phi) is 2.45. The van der Waals surface area contributed by atoms with Gasteiger partial charge in [0.25, 0.3) is 0 Å². The van der Waals surface area contributed by atoms with Crippen LogP contribution in [0.3, 0.4) is 0 Å². The van der Waals surface area contributed by atoms with E-state index < -0.39 is 6.10 Å². The van der Waals surface area contributed by atoms with E-state index in [1.165, 1.54) is 0 Å². The van der Waals surface area contributed by atoms with Gasteiger partial charge < -0.3 is 16.6 Å². The highest BCUT2D eigenvalue weighted by atomic mass is 35.5. The second kappa shape index (κ2) is 3.21. The molecule has 5 N–H and O–H groups in total. The fraction of sp³-hybridized carbons (Fsp3) is 0.250. The molecule has 1 aromatic rings. The molecule has 0 fully saturated rings. The van der Waals surface area contributed by atoms with Crippen molar-refractivity contribution < 1.29 is 5.11 Å². The minimum Gasteiger partial charge on any atom is -0.398 e. The van der Waals surface area contributed by atoms with Gasteiger partial charge in [0.1, 0.15) is 0 Å². The number of nitrogens with two attached hydrogens (primary N) is 2. The summed E-state index contributed by atoms with van der Waals surface area (Å²) in [5.74, 6) is 0. The van der Waals surface area contributed by atoms with Crippen molar-refractivity contribution in [3.8, 4) is 0 Å². The Morgan fingerprint density at radius 2 is 1.92 bits per heavy atom. The molecular weight excluding hydrogens is 176 g/mol. The Hall–Kier alpha value is -0.930. The summed E-state index contributed by atoms with van der Waals surface area (Å²) >= 11 is 5.70. The van der Waals surface area contributed by atoms with E-state index in [1.54, 1.807) is 19.1 Å². The molecule has 3 nitrogen and oxygen atoms in total. The Morgan fingerprint density at radius 3 is 2.42 bits per heavy atom. The van der Waals surface area contributed by atoms with Crippen molar-refractivity contribution in [1.29, 1.82) is 0 Å². The highest BCUT2D eigenvalue weighted by Gasteiger charge is 2.08. The SMILES string of the molecule is CC(O)c1cc(N)c(Cl)cc1N. The van der Waals surface area contributed by atoms with Gasteiger partial charge in [0, 0.05) is 11.3 Å². The van der Waals surface area contributed by atoms with E-state index in [9.17, 15) is 5.11 Å². The van der Waals surface area contributed by atoms with Gasteiger partial charge in [0.15, 0.2) is 0 Å². The third kappa shape index (κ3) is 1.62. The van der Waals surface area contributed by atoms with Crippen molar-refractivity contribution >= 4 is 23.0 Å². The number of anilines is 2. The smallest absolute Gasteiger partial charge is 0.0782 e. The molecule has 4 heteroatoms. The van der Waals surface area contributed by atoms with Gasteiger partial charge in [0.05, 0.1) is 16.8 Å². The van der Waals surface area contributed by atoms with Gasteiger partial charge in [-0.2, -0.15) is 0 Å². The fourth-order valence-electron chi connectivity index (χ4n) is 0.985. The van der Waals surface area contributed by atoms with Crippen LogP contribution in [0, 0.1) is 0 Å². The number of aliphatic hydroxyl groups excluding tert-OH is 1. The molecule has 0 radical (unpaired) electrons. The molecular formula is C8H11ClN2O. The molecule has 0 saturated carbocycles. The maximum absolute atomic E-state index is 9.24. The van der Waals surface area contributed by atoms with Gasteiger partial charge >= 0.3 is 0 Å². The van der Waals surface area contributed by atoms with Crippen LogP contribution in [0.5, 0.6) is 0 Å². The Morgan fingerprint density at radius 1 is 1.33 bits per heavy atom. The first-order valence-electron chi connectivity index (χ1n) is 3.55. The molecule has 12 heavy (non-hydrogen) atoms. The highest BCUT2D eigenvalue weighted by molar-refractivity contribution is 6.33. The van der Waals surface area contributed by atoms with Crippen LogP contribution in [0.2, 0.25) is 5.02 Å². The summed E-state index contributed by atoms with van der Waals surface area (Å²) in [6.07, 6.45) is -0.621. The van der Waals surface area contributed by atoms with Crippen molar-refractivity contribution in [2.24, 2.45) is 0 Å². The molecule has 0 heterocycles. The molecule has 0 saturated heterocycles. The lowest BCUT2D eigenvalue weighted by molar-refractivity contribution is 0.200. The van der Waals surface area contributed by atoms with Gasteiger partial charge in [0.2, 0.25) is 0 Å². The molecule has 1 aromatic carbocycles. The van der Waals surface area contributed by atoms with E-state index in [4.69, 9.17) is 23.1 Å². The van der Waals surface area contributed by atoms with Crippen molar-refractivity contribution in [2.45, 2.75) is 13.0 Å². The Labute approximate surface area is 75.9 Å². The second-order valence-corrected chi connectivity index (χ2v) is 3.09. The van der Waals surface area contributed by atoms with Crippen molar-refractivity contribution in [3.05, 3.63) is 22.7 Å². The molecule has 0 aromatic heterocycles. The van der Waals surface area contributed by atoms with Crippen molar-refractivity contribution in [1.82, 2.24) is 0 Å². The van der Waals surface area contributed by atoms with Crippen LogP contribution in [0.1, 0.15) is 18.6 Å². The Bertz CT molecular complexity index is 299. The third-order valence-electron chi connectivity index (χ3n) is 1.65. The molecule has 0 amide bonds. The Balaban J connectivity index is 3.23. The molecule has 0 aliphatic rings. The highest BCUT2D eigenvalue weighted by Crippen LogP contribution is 2.28. The van der Waals surface area contributed by atoms with Crippen LogP contribution >= 0.6 is 11.6 Å². The maximum atomic E-state index is 9.24. The van der Waals surface area contributed by atoms with E-state index in [0.29, 0.717) is 22.0 Å². The number of hydrogen-bond acceptors (Lipinski definition) is 3. The predicted molar refractivity (Wildman–Crippen MR) is 50.9 cm³/mol. The van der Waals surface area contributed by atoms with Gasteiger partial charge in [-0.3, -0.25) is 0 Å². The number of nitrogen functional groups attached to an aromatic ring is 2. The maximum Gasteiger partial charge on any atom is 0.0782 e. The molecule has 0 aliphatic heterocycles. The summed E-state index contributed by atoms with van der Waals surface area (Å²) in [7, 11) is 0. The summed E-state index contributed by atoms with van der Waals surface area (Å²) in [5.41, 5.74) is 12.6. The van der Waals surface area contributed by atoms with Gasteiger partial charge in [-0.1, -0.05) is 11.6 Å². The van der Waals surface area contributed by atoms with Crippen LogP contribution in [-0.4, -0.2) is 5.11 Å². The van der Waals surface area contributed by atoms with Gasteiger partial charge in [-0.15, -0.1) is 0 Å². The molecule has 1 unspecified atom stereocenters. The zero-order valence-electron chi connectivity index (χ0n) is 6.71. The predicted octanol–water partition coefficient (Wildman–Crippen LogP) is 1.56. The van der Waals surface area contributed by atoms with Crippen LogP contribution in [-0.2, 0) is 0 Å². The monoisotopic (exact) mass is 186 g/mol. The molecule has 0 bridgehead atoms. The van der Waals surface area contributed by atoms with Gasteiger partial charge in [-0.05, 0) is 19.1 Å². The largest absolute Gasteiger partial charge is 0.398 e. The first-order valence-corrected chi connectivity index (χ1v) is 3.92. The zero-order valence-corrected chi connectivity index (χ0v) is 7.47. The minimum atomic E-state index is -0.621. The van der Waals surface area contributed by atoms with E-state index in [-0.39, 0.29) is 0 Å². The van der Waals surface area contributed by atoms with Crippen LogP contribution in [0.25, 0.3) is 0 Å². The first kappa shape index (κ1) is 9.16. The lowest BCUT2D eigenvalue weighted by Gasteiger charge is -2.10. The van der Waals surface area contributed by atoms with E-state index in [1.807, 2.05) is 0 Å². The third-order valence-corrected chi connectivity index (χ3v) is 1.98. The van der Waals surface area contributed by atoms with E-state index in [0.717, 1.165) is 0 Å². The number of halogens is 1. The minimum absolute atomic E-state index is 0.414. The standard InChI is InChI=1S/C8H11ClN2O/c1-4(12)5-2-8(11)6(9)3-7(5)10/h2-4,12H,10-11H2,1H3. The number of hydrogen-bond donors (Lipinski definition) is 3. The summed E-state index contributed by atoms with van der Waals surface area (Å²) < 4.78 is 0. The molecule has 1 atom stereocenters. The lowest BCUT2D eigenvalue weighted by atomic mass is 10.1. The first-order chi connectivity index (χ1) is 5.52. The molecule has 66 valence electrons. The molecule has 1 rings (SSSR count). The zero-order chi connectivity index (χ0) is 9.30. The van der Waals surface area contributed by atoms with Crippen LogP contribution in [0.15, 0.2) is 12.1 Å². The quantitative estimate of drug-likeness (QED) is 0.583. The van der Waals surface area contributed by atoms with Crippen LogP contribution < -0.4 is 11.5 Å². The summed E-state index contributed by atoms with van der Waals surface area (Å²) in [5, 5.41) is 9.66. The summed E-state index contributed by atoms with van der Waals surface area (Å²) in [6, 6.07) is 3.13. The number of benzene rings is 1. The van der Waals surface area contributed by atoms with Crippen LogP contribution in [0.4, 0.5) is 11.4 Å². The average molecular weight is 187 g/mol. The van der Waals surface area contributed by atoms with Gasteiger partial charge in [-0.25, -0.2) is 0 Å². The molecule has 0 spiro atoms. The topological polar surface area (TPSA) is 72.3 Å². The average Bonchev–Trinajstić information content (AvgIpc) is 1.96. The molecule has 0 aliphatic carbocycles. The summed E-state index contributed by atoms with van der Waals surface area (Å²) in [4.78, 5) is 0. The lowest BCUT2D eigenvalue weighted by Crippen LogP contribution is -2.00. The number of rotatable bonds is 1. The fourth-order valence-corrected chi connectivity index (χ4v) is 1.16. The van der Waals surface area contributed by atoms with Crippen molar-refractivity contribution in [3.63, 3.8) is 0 Å². The summed E-state index contributed by atoms with van der Waals surface area (Å²) in [6.45, 7) is 1.62. The number of aliphatic hydroxyl groups is 1. The normalized spacial score (nSPS) is 12.9.